The third kappa shape index (κ3) is 23.6. The van der Waals surface area contributed by atoms with E-state index in [-0.39, 0.29) is 152 Å². The number of para-hydroxylation sites is 1. The maximum atomic E-state index is 15.3. The third-order valence-corrected chi connectivity index (χ3v) is 18.5. The van der Waals surface area contributed by atoms with E-state index in [4.69, 9.17) is 39.8 Å². The summed E-state index contributed by atoms with van der Waals surface area (Å²) in [5, 5.41) is 25.5. The van der Waals surface area contributed by atoms with Gasteiger partial charge in [0.25, 0.3) is 0 Å². The second-order valence-electron chi connectivity index (χ2n) is 26.2. The molecule has 3 aliphatic rings. The van der Waals surface area contributed by atoms with E-state index in [1.54, 1.807) is 36.5 Å². The van der Waals surface area contributed by atoms with Crippen molar-refractivity contribution < 1.29 is 52.7 Å². The van der Waals surface area contributed by atoms with Crippen LogP contribution in [0.5, 0.6) is 0 Å². The van der Waals surface area contributed by atoms with Crippen LogP contribution < -0.4 is 66.3 Å². The second-order valence-corrected chi connectivity index (χ2v) is 26.2. The van der Waals surface area contributed by atoms with Gasteiger partial charge in [-0.3, -0.25) is 63.3 Å². The molecule has 0 aliphatic carbocycles. The number of guanidine groups is 2. The second kappa shape index (κ2) is 38.9. The molecule has 0 radical (unpaired) electrons. The molecule has 0 bridgehead atoms. The predicted molar refractivity (Wildman–Crippen MR) is 375 cm³/mol. The highest BCUT2D eigenvalue weighted by molar-refractivity contribution is 6.00. The van der Waals surface area contributed by atoms with Crippen molar-refractivity contribution in [2.24, 2.45) is 56.2 Å². The summed E-state index contributed by atoms with van der Waals surface area (Å²) in [6.07, 6.45) is 8.11. The molecule has 3 aliphatic heterocycles. The Bertz CT molecular complexity index is 3530. The predicted octanol–water partition coefficient (Wildman–Crippen LogP) is 0.0759. The number of hydrogen-bond donors (Lipinski definition) is 15. The fourth-order valence-electron chi connectivity index (χ4n) is 13.2. The maximum Gasteiger partial charge on any atom is 0.246 e. The number of nitrogens with zero attached hydrogens (tertiary/aromatic N) is 5. The van der Waals surface area contributed by atoms with Gasteiger partial charge in [-0.2, -0.15) is 0 Å². The third-order valence-electron chi connectivity index (χ3n) is 18.5. The summed E-state index contributed by atoms with van der Waals surface area (Å²) in [5.74, 6) is -8.84. The molecule has 100 heavy (non-hydrogen) atoms. The van der Waals surface area contributed by atoms with E-state index in [0.29, 0.717) is 55.3 Å². The first-order valence-corrected chi connectivity index (χ1v) is 34.7. The number of carbonyl (C=O) groups is 11. The molecule has 4 aromatic rings. The van der Waals surface area contributed by atoms with Crippen molar-refractivity contribution in [2.75, 3.05) is 32.7 Å². The molecule has 8 amide bonds. The Morgan fingerprint density at radius 3 is 1.92 bits per heavy atom. The number of carbonyl (C=O) groups excluding carboxylic acids is 11. The van der Waals surface area contributed by atoms with E-state index in [1.165, 1.54) is 29.2 Å². The van der Waals surface area contributed by atoms with Gasteiger partial charge in [-0.1, -0.05) is 67.8 Å². The van der Waals surface area contributed by atoms with Crippen LogP contribution >= 0.6 is 0 Å². The number of aromatic nitrogens is 3. The Kier molecular flexibility index (Phi) is 30.1. The standard InChI is InChI=1S/C69H100N20O11/c1-41(90)32-43(18-12-28-78-68(73)74)60(93)82-49(21-10-11-27-59(71)72)57(91)26-7-3-6-22-51-66(99)89-31-15-25-56(89)67(100)88-30-14-24-55(88)65(98)86-53(36-46-39-77-40-81-46)63(96)85-52(33-42-16-4-2-5-17-42)62(95)83-50(23-13-29-79-69(75)76)58(92)35-44(61(94)87-54(37-70)64(97)84-51)34-45-38-80-48-20-9-8-19-47(45)48/h2,4-5,8-9,16-17,19-20,38-40,43-44,49-56,80H,3,6-7,10-15,18,21-37,70H2,1H3,(H3,71,72)(H,77,81)(H,82,93)(H,83,95)(H,84,97)(H,85,96)(H,86,98)(H,87,94)(H4,73,74,78)(H4,75,76,79)/t43-,44-,49+,50+,51+,52-,53+,54+,55+,56-/m1/s1. The Hall–Kier alpha value is -10.1. The van der Waals surface area contributed by atoms with Gasteiger partial charge in [0.05, 0.1) is 24.2 Å². The molecule has 31 heteroatoms. The van der Waals surface area contributed by atoms with Gasteiger partial charge in [-0.25, -0.2) is 4.98 Å². The number of Topliss-reactive ketones (excluding diaryl/α,β-unsaturated/α-hetero) is 3. The number of nitrogens with one attached hydrogen (secondary N) is 9. The average molecular weight is 1390 g/mol. The zero-order valence-electron chi connectivity index (χ0n) is 57.0. The Balaban J connectivity index is 1.20. The number of nitrogens with two attached hydrogens (primary N) is 6. The first-order valence-electron chi connectivity index (χ1n) is 34.7. The highest BCUT2D eigenvalue weighted by Crippen LogP contribution is 2.28. The van der Waals surface area contributed by atoms with E-state index >= 15 is 19.2 Å². The van der Waals surface area contributed by atoms with E-state index < -0.39 is 126 Å². The molecule has 2 aromatic carbocycles. The van der Waals surface area contributed by atoms with Gasteiger partial charge in [0.1, 0.15) is 42.0 Å². The van der Waals surface area contributed by atoms with Crippen LogP contribution in [0.2, 0.25) is 0 Å². The van der Waals surface area contributed by atoms with Crippen molar-refractivity contribution in [1.29, 1.82) is 5.41 Å². The SMILES string of the molecule is CC(=O)C[C@@H](CCCN=C(N)N)C(=O)N[C@@H](CCCCC(=N)N)C(=O)CCCCC[C@@H]1NC(=O)[C@H](CN)NC(=O)[C@H](Cc2c[nH]c3ccccc23)CC(=O)[C@H](CCCN=C(N)N)NC(=O)[C@@H](Cc2ccccc2)NC(=O)[C@H](Cc2cnc[nH]2)NC(=O)[C@@H]2CCCN2C(=O)[C@H]2CCCN2C1=O. The normalized spacial score (nSPS) is 22.0. The number of amidine groups is 1. The molecule has 21 N–H and O–H groups in total. The molecule has 3 fully saturated rings. The lowest BCUT2D eigenvalue weighted by molar-refractivity contribution is -0.148. The fourth-order valence-corrected chi connectivity index (χ4v) is 13.2. The van der Waals surface area contributed by atoms with Crippen LogP contribution in [0.4, 0.5) is 0 Å². The van der Waals surface area contributed by atoms with Crippen LogP contribution in [0.1, 0.15) is 146 Å². The van der Waals surface area contributed by atoms with E-state index in [9.17, 15) is 33.6 Å². The Morgan fingerprint density at radius 2 is 1.24 bits per heavy atom. The number of amides is 8. The van der Waals surface area contributed by atoms with Gasteiger partial charge >= 0.3 is 0 Å². The monoisotopic (exact) mass is 1380 g/mol. The van der Waals surface area contributed by atoms with Crippen molar-refractivity contribution in [3.63, 3.8) is 0 Å². The zero-order valence-corrected chi connectivity index (χ0v) is 57.0. The summed E-state index contributed by atoms with van der Waals surface area (Å²) in [6.45, 7) is 1.43. The maximum absolute atomic E-state index is 15.3. The Morgan fingerprint density at radius 1 is 0.630 bits per heavy atom. The number of rotatable bonds is 31. The number of hydrogen-bond acceptors (Lipinski definition) is 16. The molecular formula is C69H100N20O11. The van der Waals surface area contributed by atoms with Crippen molar-refractivity contribution in [1.82, 2.24) is 56.7 Å². The summed E-state index contributed by atoms with van der Waals surface area (Å²) < 4.78 is 0. The van der Waals surface area contributed by atoms with Gasteiger partial charge in [-0.05, 0) is 108 Å². The largest absolute Gasteiger partial charge is 0.388 e. The minimum absolute atomic E-state index is 0.00425. The summed E-state index contributed by atoms with van der Waals surface area (Å²) in [4.78, 5) is 181. The molecule has 7 rings (SSSR count). The zero-order chi connectivity index (χ0) is 72.3. The summed E-state index contributed by atoms with van der Waals surface area (Å²) >= 11 is 0. The van der Waals surface area contributed by atoms with Gasteiger partial charge in [0, 0.05) is 112 Å². The first kappa shape index (κ1) is 77.3. The number of H-pyrrole nitrogens is 2. The molecule has 542 valence electrons. The highest BCUT2D eigenvalue weighted by Gasteiger charge is 2.45. The minimum Gasteiger partial charge on any atom is -0.388 e. The number of benzene rings is 2. The van der Waals surface area contributed by atoms with Crippen molar-refractivity contribution in [3.8, 4) is 0 Å². The van der Waals surface area contributed by atoms with Crippen molar-refractivity contribution in [2.45, 2.75) is 197 Å². The lowest BCUT2D eigenvalue weighted by Crippen LogP contribution is -2.60. The van der Waals surface area contributed by atoms with Crippen LogP contribution in [0, 0.1) is 17.2 Å². The van der Waals surface area contributed by atoms with Crippen LogP contribution in [0.15, 0.2) is 83.3 Å². The van der Waals surface area contributed by atoms with Crippen LogP contribution in [-0.4, -0.2) is 188 Å². The van der Waals surface area contributed by atoms with Gasteiger partial charge in [0.2, 0.25) is 47.3 Å². The van der Waals surface area contributed by atoms with Crippen LogP contribution in [-0.2, 0) is 72.0 Å². The smallest absolute Gasteiger partial charge is 0.246 e. The van der Waals surface area contributed by atoms with E-state index in [1.807, 2.05) is 24.3 Å². The fraction of sp³-hybridized carbons (Fsp3) is 0.551. The number of fused-ring (bicyclic) bond motifs is 3. The number of ketones is 3. The van der Waals surface area contributed by atoms with Crippen LogP contribution in [0.3, 0.4) is 0 Å². The van der Waals surface area contributed by atoms with Crippen molar-refractivity contribution in [3.05, 3.63) is 90.1 Å². The number of aromatic amines is 2. The molecule has 0 saturated carbocycles. The topological polar surface area (TPSA) is 516 Å². The molecule has 5 heterocycles. The Labute approximate surface area is 581 Å². The quantitative estimate of drug-likeness (QED) is 0.0180. The number of unbranched alkanes of at least 4 members (excludes halogenated alkanes) is 3. The van der Waals surface area contributed by atoms with E-state index in [0.717, 1.165) is 10.9 Å². The first-order chi connectivity index (χ1) is 48.0. The van der Waals surface area contributed by atoms with E-state index in [2.05, 4.69) is 56.8 Å². The lowest BCUT2D eigenvalue weighted by atomic mass is 9.89. The minimum atomic E-state index is -1.49. The molecule has 2 aromatic heterocycles. The highest BCUT2D eigenvalue weighted by atomic mass is 16.2. The molecule has 31 nitrogen and oxygen atoms in total. The molecule has 0 unspecified atom stereocenters. The number of imidazole rings is 1. The molecule has 10 atom stereocenters. The van der Waals surface area contributed by atoms with Crippen molar-refractivity contribution >= 4 is 93.3 Å². The molecule has 0 spiro atoms. The average Bonchev–Trinajstić information content (AvgIpc) is 1.71. The van der Waals surface area contributed by atoms with Gasteiger partial charge < -0.3 is 90.9 Å². The molecule has 3 saturated heterocycles. The molecular weight excluding hydrogens is 1280 g/mol. The summed E-state index contributed by atoms with van der Waals surface area (Å²) in [5.41, 5.74) is 36.8. The van der Waals surface area contributed by atoms with Crippen LogP contribution in [0.25, 0.3) is 10.9 Å². The summed E-state index contributed by atoms with van der Waals surface area (Å²) in [6, 6.07) is 6.23. The lowest BCUT2D eigenvalue weighted by Gasteiger charge is -2.34. The summed E-state index contributed by atoms with van der Waals surface area (Å²) in [7, 11) is 0. The number of aliphatic imine (C=N–C) groups is 2. The van der Waals surface area contributed by atoms with Gasteiger partial charge in [-0.15, -0.1) is 0 Å². The van der Waals surface area contributed by atoms with Gasteiger partial charge in [0.15, 0.2) is 23.5 Å².